The van der Waals surface area contributed by atoms with Crippen molar-refractivity contribution in [1.82, 2.24) is 4.31 Å². The lowest BCUT2D eigenvalue weighted by Crippen LogP contribution is -2.40. The van der Waals surface area contributed by atoms with Crippen LogP contribution in [0.1, 0.15) is 18.4 Å². The number of rotatable bonds is 3. The highest BCUT2D eigenvalue weighted by Gasteiger charge is 2.35. The number of carboxylic acids is 1. The maximum Gasteiger partial charge on any atom is 0.416 e. The highest BCUT2D eigenvalue weighted by atomic mass is 32.2. The second-order valence-corrected chi connectivity index (χ2v) is 6.98. The third kappa shape index (κ3) is 3.41. The van der Waals surface area contributed by atoms with Gasteiger partial charge in [-0.15, -0.1) is 0 Å². The van der Waals surface area contributed by atoms with Crippen molar-refractivity contribution in [3.8, 4) is 0 Å². The zero-order valence-corrected chi connectivity index (χ0v) is 12.2. The SMILES string of the molecule is O=C(O)C1CCN(S(=O)(=O)c2cccc(C(F)(F)F)c2)CC1. The van der Waals surface area contributed by atoms with Gasteiger partial charge in [-0.05, 0) is 31.0 Å². The molecule has 2 rings (SSSR count). The summed E-state index contributed by atoms with van der Waals surface area (Å²) in [5.41, 5.74) is -1.03. The van der Waals surface area contributed by atoms with Crippen molar-refractivity contribution in [2.24, 2.45) is 5.92 Å². The fraction of sp³-hybridized carbons (Fsp3) is 0.462. The van der Waals surface area contributed by atoms with Crippen LogP contribution in [0.25, 0.3) is 0 Å². The predicted molar refractivity (Wildman–Crippen MR) is 70.6 cm³/mol. The topological polar surface area (TPSA) is 74.7 Å². The fourth-order valence-electron chi connectivity index (χ4n) is 2.33. The van der Waals surface area contributed by atoms with E-state index in [0.717, 1.165) is 22.5 Å². The molecule has 5 nitrogen and oxygen atoms in total. The van der Waals surface area contributed by atoms with E-state index in [1.807, 2.05) is 0 Å². The first-order chi connectivity index (χ1) is 10.1. The second-order valence-electron chi connectivity index (χ2n) is 5.04. The monoisotopic (exact) mass is 337 g/mol. The number of sulfonamides is 1. The first kappa shape index (κ1) is 16.8. The van der Waals surface area contributed by atoms with Gasteiger partial charge in [0.25, 0.3) is 0 Å². The Hall–Kier alpha value is -1.61. The van der Waals surface area contributed by atoms with Crippen molar-refractivity contribution in [3.05, 3.63) is 29.8 Å². The van der Waals surface area contributed by atoms with Crippen molar-refractivity contribution >= 4 is 16.0 Å². The number of benzene rings is 1. The number of hydrogen-bond acceptors (Lipinski definition) is 3. The number of hydrogen-bond donors (Lipinski definition) is 1. The molecule has 0 aliphatic carbocycles. The lowest BCUT2D eigenvalue weighted by molar-refractivity contribution is -0.143. The first-order valence-electron chi connectivity index (χ1n) is 6.52. The van der Waals surface area contributed by atoms with E-state index in [1.54, 1.807) is 0 Å². The van der Waals surface area contributed by atoms with Gasteiger partial charge in [-0.1, -0.05) is 6.07 Å². The Balaban J connectivity index is 2.23. The zero-order valence-electron chi connectivity index (χ0n) is 11.4. The molecule has 1 fully saturated rings. The summed E-state index contributed by atoms with van der Waals surface area (Å²) in [5, 5.41) is 8.88. The number of carboxylic acid groups (broad SMARTS) is 1. The maximum absolute atomic E-state index is 12.7. The molecule has 9 heteroatoms. The van der Waals surface area contributed by atoms with Crippen molar-refractivity contribution < 1.29 is 31.5 Å². The molecule has 1 heterocycles. The molecule has 122 valence electrons. The van der Waals surface area contributed by atoms with Gasteiger partial charge in [0.1, 0.15) is 0 Å². The normalized spacial score (nSPS) is 18.3. The molecule has 0 saturated carbocycles. The molecule has 0 aromatic heterocycles. The van der Waals surface area contributed by atoms with Gasteiger partial charge in [-0.3, -0.25) is 4.79 Å². The zero-order chi connectivity index (χ0) is 16.5. The Morgan fingerprint density at radius 2 is 1.82 bits per heavy atom. The highest BCUT2D eigenvalue weighted by molar-refractivity contribution is 7.89. The van der Waals surface area contributed by atoms with Crippen molar-refractivity contribution in [3.63, 3.8) is 0 Å². The third-order valence-electron chi connectivity index (χ3n) is 3.60. The van der Waals surface area contributed by atoms with E-state index in [9.17, 15) is 26.4 Å². The summed E-state index contributed by atoms with van der Waals surface area (Å²) < 4.78 is 63.7. The van der Waals surface area contributed by atoms with Crippen LogP contribution < -0.4 is 0 Å². The summed E-state index contributed by atoms with van der Waals surface area (Å²) in [6, 6.07) is 3.54. The highest BCUT2D eigenvalue weighted by Crippen LogP contribution is 2.32. The number of aliphatic carboxylic acids is 1. The molecular weight excluding hydrogens is 323 g/mol. The molecule has 0 bridgehead atoms. The van der Waals surface area contributed by atoms with E-state index in [0.29, 0.717) is 6.07 Å². The average Bonchev–Trinajstić information content (AvgIpc) is 2.46. The second kappa shape index (κ2) is 5.88. The minimum atomic E-state index is -4.62. The number of alkyl halides is 3. The molecule has 22 heavy (non-hydrogen) atoms. The maximum atomic E-state index is 12.7. The molecule has 1 aliphatic heterocycles. The minimum Gasteiger partial charge on any atom is -0.481 e. The van der Waals surface area contributed by atoms with E-state index < -0.39 is 38.5 Å². The Labute approximate surface area is 125 Å². The van der Waals surface area contributed by atoms with Gasteiger partial charge >= 0.3 is 12.1 Å². The summed E-state index contributed by atoms with van der Waals surface area (Å²) in [6.07, 6.45) is -4.33. The van der Waals surface area contributed by atoms with Crippen LogP contribution >= 0.6 is 0 Å². The van der Waals surface area contributed by atoms with Gasteiger partial charge in [0, 0.05) is 13.1 Å². The molecule has 1 aromatic rings. The van der Waals surface area contributed by atoms with Gasteiger partial charge in [-0.2, -0.15) is 17.5 Å². The minimum absolute atomic E-state index is 0.0183. The molecule has 0 radical (unpaired) electrons. The molecule has 0 amide bonds. The third-order valence-corrected chi connectivity index (χ3v) is 5.50. The van der Waals surface area contributed by atoms with Gasteiger partial charge in [0.05, 0.1) is 16.4 Å². The molecule has 0 unspecified atom stereocenters. The quantitative estimate of drug-likeness (QED) is 0.917. The van der Waals surface area contributed by atoms with Gasteiger partial charge in [-0.25, -0.2) is 8.42 Å². The largest absolute Gasteiger partial charge is 0.481 e. The van der Waals surface area contributed by atoms with E-state index >= 15 is 0 Å². The van der Waals surface area contributed by atoms with Crippen LogP contribution in [0.15, 0.2) is 29.2 Å². The summed E-state index contributed by atoms with van der Waals surface area (Å²) in [7, 11) is -4.05. The van der Waals surface area contributed by atoms with E-state index in [4.69, 9.17) is 5.11 Å². The predicted octanol–water partition coefficient (Wildman–Crippen LogP) is 2.19. The van der Waals surface area contributed by atoms with E-state index in [1.165, 1.54) is 0 Å². The Kier molecular flexibility index (Phi) is 4.48. The molecular formula is C13H14F3NO4S. The van der Waals surface area contributed by atoms with Gasteiger partial charge in [0.2, 0.25) is 10.0 Å². The van der Waals surface area contributed by atoms with Crippen LogP contribution in [-0.4, -0.2) is 36.9 Å². The van der Waals surface area contributed by atoms with Crippen LogP contribution in [-0.2, 0) is 21.0 Å². The molecule has 1 aromatic carbocycles. The summed E-state index contributed by atoms with van der Waals surface area (Å²) >= 11 is 0. The molecule has 1 N–H and O–H groups in total. The Bertz CT molecular complexity index is 664. The molecule has 1 saturated heterocycles. The van der Waals surface area contributed by atoms with Crippen LogP contribution in [0.5, 0.6) is 0 Å². The summed E-state index contributed by atoms with van der Waals surface area (Å²) in [4.78, 5) is 10.4. The number of piperidine rings is 1. The number of carbonyl (C=O) groups is 1. The molecule has 0 atom stereocenters. The van der Waals surface area contributed by atoms with Crippen LogP contribution in [0.4, 0.5) is 13.2 Å². The summed E-state index contributed by atoms with van der Waals surface area (Å²) in [6.45, 7) is -0.0366. The Morgan fingerprint density at radius 1 is 1.23 bits per heavy atom. The summed E-state index contributed by atoms with van der Waals surface area (Å²) in [5.74, 6) is -1.61. The number of halogens is 3. The van der Waals surface area contributed by atoms with Crippen LogP contribution in [0, 0.1) is 5.92 Å². The van der Waals surface area contributed by atoms with Crippen LogP contribution in [0.3, 0.4) is 0 Å². The van der Waals surface area contributed by atoms with Crippen molar-refractivity contribution in [1.29, 1.82) is 0 Å². The first-order valence-corrected chi connectivity index (χ1v) is 7.96. The van der Waals surface area contributed by atoms with E-state index in [2.05, 4.69) is 0 Å². The smallest absolute Gasteiger partial charge is 0.416 e. The van der Waals surface area contributed by atoms with Crippen molar-refractivity contribution in [2.45, 2.75) is 23.9 Å². The lowest BCUT2D eigenvalue weighted by Gasteiger charge is -2.29. The van der Waals surface area contributed by atoms with Gasteiger partial charge < -0.3 is 5.11 Å². The lowest BCUT2D eigenvalue weighted by atomic mass is 9.99. The average molecular weight is 337 g/mol. The molecule has 1 aliphatic rings. The Morgan fingerprint density at radius 3 is 2.32 bits per heavy atom. The van der Waals surface area contributed by atoms with Crippen LogP contribution in [0.2, 0.25) is 0 Å². The fourth-order valence-corrected chi connectivity index (χ4v) is 3.84. The van der Waals surface area contributed by atoms with E-state index in [-0.39, 0.29) is 25.9 Å². The number of nitrogens with zero attached hydrogens (tertiary/aromatic N) is 1. The van der Waals surface area contributed by atoms with Crippen molar-refractivity contribution in [2.75, 3.05) is 13.1 Å². The standard InChI is InChI=1S/C13H14F3NO4S/c14-13(15,16)10-2-1-3-11(8-10)22(20,21)17-6-4-9(5-7-17)12(18)19/h1-3,8-9H,4-7H2,(H,18,19). The molecule has 0 spiro atoms. The van der Waals surface area contributed by atoms with Gasteiger partial charge in [0.15, 0.2) is 0 Å².